The summed E-state index contributed by atoms with van der Waals surface area (Å²) in [6, 6.07) is 16.1. The molecule has 6 nitrogen and oxygen atoms in total. The molecule has 1 aliphatic heterocycles. The highest BCUT2D eigenvalue weighted by Crippen LogP contribution is 2.48. The summed E-state index contributed by atoms with van der Waals surface area (Å²) in [5.41, 5.74) is 3.81. The first-order valence-electron chi connectivity index (χ1n) is 9.99. The van der Waals surface area contributed by atoms with Crippen molar-refractivity contribution in [2.24, 2.45) is 0 Å². The maximum atomic E-state index is 5.95. The van der Waals surface area contributed by atoms with Gasteiger partial charge in [0.05, 0.1) is 30.5 Å². The van der Waals surface area contributed by atoms with Gasteiger partial charge in [0.1, 0.15) is 30.5 Å². The number of aromatic amines is 1. The van der Waals surface area contributed by atoms with Gasteiger partial charge in [0.25, 0.3) is 0 Å². The number of hydrogen-bond donors (Lipinski definition) is 1. The summed E-state index contributed by atoms with van der Waals surface area (Å²) < 4.78 is 22.7. The Morgan fingerprint density at radius 2 is 1.74 bits per heavy atom. The number of benzene rings is 2. The molecule has 0 aliphatic carbocycles. The Balaban J connectivity index is 1.65. The van der Waals surface area contributed by atoms with E-state index in [1.54, 1.807) is 25.6 Å². The van der Waals surface area contributed by atoms with Crippen molar-refractivity contribution in [1.82, 2.24) is 9.97 Å². The molecular formula is C24H22N2O4S. The summed E-state index contributed by atoms with van der Waals surface area (Å²) in [5, 5.41) is 1.98. The Morgan fingerprint density at radius 1 is 1.00 bits per heavy atom. The maximum absolute atomic E-state index is 5.95. The standard InChI is InChI=1S/C24H22N2O4S/c1-27-17-11-16(12-18(13-17)28-2)21-22(24-23-19(14-31-24)29-8-9-30-23)26-20(25-21)10-15-6-4-3-5-7-15/h3-7,11-14H,8-10H2,1-2H3,(H,25,26). The third-order valence-corrected chi connectivity index (χ3v) is 6.08. The molecule has 3 heterocycles. The van der Waals surface area contributed by atoms with Crippen molar-refractivity contribution in [3.8, 4) is 44.8 Å². The lowest BCUT2D eigenvalue weighted by atomic mass is 10.1. The molecule has 2 aromatic carbocycles. The number of hydrogen-bond acceptors (Lipinski definition) is 6. The predicted octanol–water partition coefficient (Wildman–Crippen LogP) is 5.18. The minimum absolute atomic E-state index is 0.532. The first-order chi connectivity index (χ1) is 15.2. The first kappa shape index (κ1) is 19.5. The van der Waals surface area contributed by atoms with E-state index >= 15 is 0 Å². The molecule has 0 fully saturated rings. The minimum Gasteiger partial charge on any atom is -0.497 e. The van der Waals surface area contributed by atoms with Gasteiger partial charge in [-0.1, -0.05) is 30.3 Å². The summed E-state index contributed by atoms with van der Waals surface area (Å²) in [6.07, 6.45) is 0.694. The van der Waals surface area contributed by atoms with Crippen LogP contribution in [0.15, 0.2) is 53.9 Å². The van der Waals surface area contributed by atoms with E-state index in [4.69, 9.17) is 23.9 Å². The number of ether oxygens (including phenoxy) is 4. The molecule has 0 atom stereocenters. The van der Waals surface area contributed by atoms with Crippen molar-refractivity contribution in [3.63, 3.8) is 0 Å². The van der Waals surface area contributed by atoms with E-state index in [2.05, 4.69) is 17.1 Å². The summed E-state index contributed by atoms with van der Waals surface area (Å²) in [4.78, 5) is 9.48. The zero-order chi connectivity index (χ0) is 21.2. The van der Waals surface area contributed by atoms with Crippen LogP contribution >= 0.6 is 11.3 Å². The van der Waals surface area contributed by atoms with Crippen LogP contribution in [0, 0.1) is 0 Å². The number of fused-ring (bicyclic) bond motifs is 1. The van der Waals surface area contributed by atoms with Crippen molar-refractivity contribution < 1.29 is 18.9 Å². The highest BCUT2D eigenvalue weighted by molar-refractivity contribution is 7.14. The summed E-state index contributed by atoms with van der Waals surface area (Å²) >= 11 is 1.58. The number of imidazole rings is 1. The molecular weight excluding hydrogens is 412 g/mol. The van der Waals surface area contributed by atoms with Gasteiger partial charge in [0, 0.05) is 23.4 Å². The minimum atomic E-state index is 0.532. The monoisotopic (exact) mass is 434 g/mol. The molecule has 0 saturated carbocycles. The molecule has 4 aromatic rings. The Kier molecular flexibility index (Phi) is 5.26. The molecule has 31 heavy (non-hydrogen) atoms. The molecule has 0 bridgehead atoms. The molecule has 1 aliphatic rings. The second kappa shape index (κ2) is 8.35. The molecule has 0 radical (unpaired) electrons. The van der Waals surface area contributed by atoms with E-state index in [1.807, 2.05) is 41.8 Å². The maximum Gasteiger partial charge on any atom is 0.181 e. The van der Waals surface area contributed by atoms with E-state index in [9.17, 15) is 0 Å². The predicted molar refractivity (Wildman–Crippen MR) is 121 cm³/mol. The van der Waals surface area contributed by atoms with Crippen molar-refractivity contribution in [3.05, 3.63) is 65.3 Å². The van der Waals surface area contributed by atoms with Crippen molar-refractivity contribution in [2.45, 2.75) is 6.42 Å². The van der Waals surface area contributed by atoms with E-state index in [0.717, 1.165) is 39.2 Å². The lowest BCUT2D eigenvalue weighted by molar-refractivity contribution is 0.174. The second-order valence-electron chi connectivity index (χ2n) is 7.13. The summed E-state index contributed by atoms with van der Waals surface area (Å²) in [5.74, 6) is 3.83. The third kappa shape index (κ3) is 3.84. The van der Waals surface area contributed by atoms with Crippen LogP contribution in [0.3, 0.4) is 0 Å². The number of methoxy groups -OCH3 is 2. The molecule has 0 unspecified atom stereocenters. The number of thiophene rings is 1. The molecule has 1 N–H and O–H groups in total. The fourth-order valence-corrected chi connectivity index (χ4v) is 4.58. The molecule has 5 rings (SSSR count). The number of H-pyrrole nitrogens is 1. The average molecular weight is 435 g/mol. The van der Waals surface area contributed by atoms with Gasteiger partial charge in [-0.15, -0.1) is 11.3 Å². The Morgan fingerprint density at radius 3 is 2.48 bits per heavy atom. The van der Waals surface area contributed by atoms with Gasteiger partial charge in [-0.2, -0.15) is 0 Å². The van der Waals surface area contributed by atoms with E-state index in [1.165, 1.54) is 5.56 Å². The number of rotatable bonds is 6. The fraction of sp³-hybridized carbons (Fsp3) is 0.208. The van der Waals surface area contributed by atoms with Gasteiger partial charge in [-0.3, -0.25) is 0 Å². The Bertz CT molecular complexity index is 1180. The molecule has 158 valence electrons. The molecule has 0 saturated heterocycles. The summed E-state index contributed by atoms with van der Waals surface area (Å²) in [6.45, 7) is 1.09. The molecule has 0 spiro atoms. The van der Waals surface area contributed by atoms with Crippen LogP contribution in [0.5, 0.6) is 23.0 Å². The van der Waals surface area contributed by atoms with Gasteiger partial charge < -0.3 is 23.9 Å². The van der Waals surface area contributed by atoms with Crippen molar-refractivity contribution in [1.29, 1.82) is 0 Å². The van der Waals surface area contributed by atoms with Crippen LogP contribution in [0.2, 0.25) is 0 Å². The molecule has 2 aromatic heterocycles. The van der Waals surface area contributed by atoms with Crippen LogP contribution in [0.25, 0.3) is 21.8 Å². The van der Waals surface area contributed by atoms with Gasteiger partial charge in [0.2, 0.25) is 0 Å². The number of aromatic nitrogens is 2. The first-order valence-corrected chi connectivity index (χ1v) is 10.9. The van der Waals surface area contributed by atoms with E-state index in [0.29, 0.717) is 31.1 Å². The second-order valence-corrected chi connectivity index (χ2v) is 8.01. The topological polar surface area (TPSA) is 65.6 Å². The average Bonchev–Trinajstić information content (AvgIpc) is 3.43. The normalized spacial score (nSPS) is 12.6. The lowest BCUT2D eigenvalue weighted by Gasteiger charge is -2.16. The fourth-order valence-electron chi connectivity index (χ4n) is 3.65. The van der Waals surface area contributed by atoms with E-state index in [-0.39, 0.29) is 0 Å². The van der Waals surface area contributed by atoms with Crippen LogP contribution in [0.4, 0.5) is 0 Å². The van der Waals surface area contributed by atoms with Crippen molar-refractivity contribution >= 4 is 11.3 Å². The van der Waals surface area contributed by atoms with Crippen LogP contribution in [-0.2, 0) is 6.42 Å². The van der Waals surface area contributed by atoms with E-state index < -0.39 is 0 Å². The van der Waals surface area contributed by atoms with Crippen LogP contribution in [-0.4, -0.2) is 37.4 Å². The quantitative estimate of drug-likeness (QED) is 0.453. The number of nitrogens with zero attached hydrogens (tertiary/aromatic N) is 1. The third-order valence-electron chi connectivity index (χ3n) is 5.12. The molecule has 7 heteroatoms. The van der Waals surface area contributed by atoms with Gasteiger partial charge in [0.15, 0.2) is 11.5 Å². The highest BCUT2D eigenvalue weighted by atomic mass is 32.1. The summed E-state index contributed by atoms with van der Waals surface area (Å²) in [7, 11) is 3.29. The van der Waals surface area contributed by atoms with Crippen LogP contribution < -0.4 is 18.9 Å². The smallest absolute Gasteiger partial charge is 0.181 e. The Labute approximate surface area is 184 Å². The number of nitrogens with one attached hydrogen (secondary N) is 1. The van der Waals surface area contributed by atoms with Crippen molar-refractivity contribution in [2.75, 3.05) is 27.4 Å². The zero-order valence-corrected chi connectivity index (χ0v) is 18.1. The lowest BCUT2D eigenvalue weighted by Crippen LogP contribution is -2.14. The van der Waals surface area contributed by atoms with Gasteiger partial charge in [-0.25, -0.2) is 4.98 Å². The Hall–Kier alpha value is -3.45. The highest BCUT2D eigenvalue weighted by Gasteiger charge is 2.25. The zero-order valence-electron chi connectivity index (χ0n) is 17.3. The molecule has 0 amide bonds. The van der Waals surface area contributed by atoms with Gasteiger partial charge >= 0.3 is 0 Å². The largest absolute Gasteiger partial charge is 0.497 e. The SMILES string of the molecule is COc1cc(OC)cc(-c2nc(Cc3ccccc3)[nH]c2-c2scc3c2OCCO3)c1. The van der Waals surface area contributed by atoms with Crippen LogP contribution in [0.1, 0.15) is 11.4 Å². The van der Waals surface area contributed by atoms with Gasteiger partial charge in [-0.05, 0) is 17.7 Å².